The van der Waals surface area contributed by atoms with Crippen LogP contribution in [0.15, 0.2) is 53.6 Å². The van der Waals surface area contributed by atoms with Crippen LogP contribution in [0.5, 0.6) is 0 Å². The van der Waals surface area contributed by atoms with Gasteiger partial charge in [-0.1, -0.05) is 50.3 Å². The zero-order valence-corrected chi connectivity index (χ0v) is 17.0. The average molecular weight is 387 g/mol. The molecule has 0 fully saturated rings. The zero-order chi connectivity index (χ0) is 20.4. The Hall–Kier alpha value is -3.05. The molecule has 5 heteroatoms. The maximum absolute atomic E-state index is 13.0. The van der Waals surface area contributed by atoms with E-state index < -0.39 is 0 Å². The van der Waals surface area contributed by atoms with Gasteiger partial charge in [-0.25, -0.2) is 4.79 Å². The number of hydrogen-bond donors (Lipinski definition) is 0. The van der Waals surface area contributed by atoms with Gasteiger partial charge in [0.1, 0.15) is 0 Å². The normalized spacial score (nSPS) is 15.5. The lowest BCUT2D eigenvalue weighted by Crippen LogP contribution is -2.48. The van der Waals surface area contributed by atoms with E-state index in [4.69, 9.17) is 4.74 Å². The smallest absolute Gasteiger partial charge is 0.348 e. The molecule has 0 bridgehead atoms. The Bertz CT molecular complexity index is 1180. The summed E-state index contributed by atoms with van der Waals surface area (Å²) in [7, 11) is 1.70. The summed E-state index contributed by atoms with van der Waals surface area (Å²) in [5.41, 5.74) is 3.63. The number of hydrogen-bond acceptors (Lipinski definition) is 4. The van der Waals surface area contributed by atoms with Crippen molar-refractivity contribution in [2.24, 2.45) is 0 Å². The van der Waals surface area contributed by atoms with Crippen LogP contribution in [0.25, 0.3) is 23.4 Å². The lowest BCUT2D eigenvalue weighted by atomic mass is 9.99. The first-order valence-corrected chi connectivity index (χ1v) is 9.91. The number of aromatic nitrogens is 3. The predicted molar refractivity (Wildman–Crippen MR) is 115 cm³/mol. The van der Waals surface area contributed by atoms with Gasteiger partial charge in [0.05, 0.1) is 23.7 Å². The minimum Gasteiger partial charge on any atom is -0.377 e. The highest BCUT2D eigenvalue weighted by molar-refractivity contribution is 5.63. The van der Waals surface area contributed by atoms with E-state index in [-0.39, 0.29) is 11.8 Å². The highest BCUT2D eigenvalue weighted by Crippen LogP contribution is 2.19. The van der Waals surface area contributed by atoms with E-state index in [0.717, 1.165) is 28.1 Å². The van der Waals surface area contributed by atoms with Crippen LogP contribution in [-0.4, -0.2) is 27.7 Å². The van der Waals surface area contributed by atoms with Gasteiger partial charge < -0.3 is 4.74 Å². The zero-order valence-electron chi connectivity index (χ0n) is 17.0. The Kier molecular flexibility index (Phi) is 5.41. The van der Waals surface area contributed by atoms with E-state index in [9.17, 15) is 4.79 Å². The molecule has 0 N–H and O–H groups in total. The van der Waals surface area contributed by atoms with E-state index in [1.807, 2.05) is 24.3 Å². The van der Waals surface area contributed by atoms with Crippen molar-refractivity contribution < 1.29 is 4.74 Å². The van der Waals surface area contributed by atoms with Crippen LogP contribution in [0.3, 0.4) is 0 Å². The molecule has 1 aromatic carbocycles. The summed E-state index contributed by atoms with van der Waals surface area (Å²) >= 11 is 0. The molecule has 0 saturated carbocycles. The maximum Gasteiger partial charge on any atom is 0.348 e. The maximum atomic E-state index is 13.0. The third kappa shape index (κ3) is 3.91. The Balaban J connectivity index is 1.90. The number of nitrogens with zero attached hydrogens (tertiary/aromatic N) is 3. The van der Waals surface area contributed by atoms with Crippen LogP contribution in [0.1, 0.15) is 37.3 Å². The van der Waals surface area contributed by atoms with Crippen molar-refractivity contribution in [3.8, 4) is 11.3 Å². The van der Waals surface area contributed by atoms with Crippen LogP contribution < -0.4 is 16.3 Å². The molecule has 2 aromatic heterocycles. The van der Waals surface area contributed by atoms with E-state index in [1.165, 1.54) is 5.56 Å². The quantitative estimate of drug-likeness (QED) is 0.675. The van der Waals surface area contributed by atoms with Crippen molar-refractivity contribution in [2.45, 2.75) is 38.8 Å². The highest BCUT2D eigenvalue weighted by atomic mass is 16.5. The topological polar surface area (TPSA) is 57.0 Å². The molecular weight excluding hydrogens is 362 g/mol. The summed E-state index contributed by atoms with van der Waals surface area (Å²) in [4.78, 5) is 21.6. The molecule has 29 heavy (non-hydrogen) atoms. The number of rotatable bonds is 5. The van der Waals surface area contributed by atoms with E-state index in [1.54, 1.807) is 24.1 Å². The Morgan fingerprint density at radius 1 is 1.21 bits per heavy atom. The van der Waals surface area contributed by atoms with Crippen LogP contribution in [0.4, 0.5) is 0 Å². The monoisotopic (exact) mass is 387 g/mol. The molecule has 5 nitrogen and oxygen atoms in total. The van der Waals surface area contributed by atoms with Crippen molar-refractivity contribution in [1.82, 2.24) is 14.5 Å². The summed E-state index contributed by atoms with van der Waals surface area (Å²) in [6.07, 6.45) is 8.37. The molecule has 1 aliphatic carbocycles. The van der Waals surface area contributed by atoms with Crippen molar-refractivity contribution in [2.75, 3.05) is 7.11 Å². The van der Waals surface area contributed by atoms with Gasteiger partial charge >= 0.3 is 5.69 Å². The molecule has 1 atom stereocenters. The fourth-order valence-corrected chi connectivity index (χ4v) is 3.69. The van der Waals surface area contributed by atoms with Gasteiger partial charge in [-0.15, -0.1) is 0 Å². The summed E-state index contributed by atoms with van der Waals surface area (Å²) in [6, 6.07) is 12.2. The molecule has 4 rings (SSSR count). The molecule has 0 aliphatic heterocycles. The predicted octanol–water partition coefficient (Wildman–Crippen LogP) is 2.46. The molecule has 1 unspecified atom stereocenters. The first-order valence-electron chi connectivity index (χ1n) is 9.91. The second kappa shape index (κ2) is 8.13. The largest absolute Gasteiger partial charge is 0.377 e. The number of fused-ring (bicyclic) bond motifs is 1. The highest BCUT2D eigenvalue weighted by Gasteiger charge is 2.16. The van der Waals surface area contributed by atoms with Gasteiger partial charge in [0.15, 0.2) is 0 Å². The van der Waals surface area contributed by atoms with Gasteiger partial charge in [0.2, 0.25) is 0 Å². The summed E-state index contributed by atoms with van der Waals surface area (Å²) < 4.78 is 7.29. The average Bonchev–Trinajstić information content (AvgIpc) is 2.76. The van der Waals surface area contributed by atoms with Crippen molar-refractivity contribution in [3.63, 3.8) is 0 Å². The molecule has 2 heterocycles. The van der Waals surface area contributed by atoms with Crippen molar-refractivity contribution in [3.05, 3.63) is 81.0 Å². The number of pyridine rings is 1. The van der Waals surface area contributed by atoms with Crippen LogP contribution in [-0.2, 0) is 11.3 Å². The third-order valence-electron chi connectivity index (χ3n) is 5.37. The van der Waals surface area contributed by atoms with E-state index in [2.05, 4.69) is 48.1 Å². The molecule has 0 spiro atoms. The minimum atomic E-state index is -0.254. The molecule has 0 saturated heterocycles. The Labute approximate surface area is 170 Å². The standard InChI is InChI=1S/C24H25N3O2/c1-16(2)18-6-8-19(9-7-18)23-21-13-20(29-3)10-11-22(21)27(24(28)26-23)15-17-5-4-12-25-14-17/h4-9,11-14,16,20H,10,15H2,1-3H3. The molecule has 148 valence electrons. The van der Waals surface area contributed by atoms with Crippen LogP contribution >= 0.6 is 0 Å². The number of methoxy groups -OCH3 is 1. The lowest BCUT2D eigenvalue weighted by Gasteiger charge is -2.17. The lowest BCUT2D eigenvalue weighted by molar-refractivity contribution is 0.157. The van der Waals surface area contributed by atoms with Crippen molar-refractivity contribution >= 4 is 12.2 Å². The molecule has 0 amide bonds. The second-order valence-corrected chi connectivity index (χ2v) is 7.65. The third-order valence-corrected chi connectivity index (χ3v) is 5.37. The van der Waals surface area contributed by atoms with Crippen LogP contribution in [0.2, 0.25) is 0 Å². The van der Waals surface area contributed by atoms with Gasteiger partial charge in [-0.3, -0.25) is 9.55 Å². The first-order chi connectivity index (χ1) is 14.1. The second-order valence-electron chi connectivity index (χ2n) is 7.65. The molecule has 0 radical (unpaired) electrons. The fourth-order valence-electron chi connectivity index (χ4n) is 3.69. The molecule has 1 aliphatic rings. The van der Waals surface area contributed by atoms with Gasteiger partial charge in [0.25, 0.3) is 0 Å². The Morgan fingerprint density at radius 2 is 2.00 bits per heavy atom. The van der Waals surface area contributed by atoms with Gasteiger partial charge in [0, 0.05) is 30.3 Å². The number of benzene rings is 1. The molecular formula is C24H25N3O2. The summed E-state index contributed by atoms with van der Waals surface area (Å²) in [5.74, 6) is 0.455. The SMILES string of the molecule is COC1C=c2c(-c3ccc(C(C)C)cc3)nc(=O)n(Cc3cccnc3)c2=CC1. The number of ether oxygens (including phenoxy) is 1. The fraction of sp³-hybridized carbons (Fsp3) is 0.292. The summed E-state index contributed by atoms with van der Waals surface area (Å²) in [5, 5.41) is 1.84. The Morgan fingerprint density at radius 3 is 2.66 bits per heavy atom. The molecule has 3 aromatic rings. The van der Waals surface area contributed by atoms with Gasteiger partial charge in [-0.2, -0.15) is 4.98 Å². The van der Waals surface area contributed by atoms with E-state index in [0.29, 0.717) is 18.2 Å². The minimum absolute atomic E-state index is 0.0256. The van der Waals surface area contributed by atoms with Crippen molar-refractivity contribution in [1.29, 1.82) is 0 Å². The van der Waals surface area contributed by atoms with Gasteiger partial charge in [-0.05, 0) is 35.6 Å². The summed E-state index contributed by atoms with van der Waals surface area (Å²) in [6.45, 7) is 4.78. The van der Waals surface area contributed by atoms with Crippen LogP contribution in [0, 0.1) is 0 Å². The first kappa shape index (κ1) is 19.3. The van der Waals surface area contributed by atoms with E-state index >= 15 is 0 Å².